The molecule has 4 nitrogen and oxygen atoms in total. The molecule has 1 aliphatic carbocycles. The summed E-state index contributed by atoms with van der Waals surface area (Å²) in [6, 6.07) is 0.655. The zero-order valence-corrected chi connectivity index (χ0v) is 11.8. The minimum absolute atomic E-state index is 0.000170. The lowest BCUT2D eigenvalue weighted by Crippen LogP contribution is -2.37. The van der Waals surface area contributed by atoms with Crippen molar-refractivity contribution in [3.05, 3.63) is 0 Å². The van der Waals surface area contributed by atoms with Crippen LogP contribution in [0.15, 0.2) is 0 Å². The van der Waals surface area contributed by atoms with Crippen molar-refractivity contribution in [2.24, 2.45) is 0 Å². The van der Waals surface area contributed by atoms with Gasteiger partial charge in [-0.1, -0.05) is 25.7 Å². The van der Waals surface area contributed by atoms with Crippen LogP contribution in [0.25, 0.3) is 0 Å². The van der Waals surface area contributed by atoms with Gasteiger partial charge in [0.25, 0.3) is 0 Å². The Bertz CT molecular complexity index is 226. The lowest BCUT2D eigenvalue weighted by atomic mass is 10.1. The highest BCUT2D eigenvalue weighted by Gasteiger charge is 2.11. The Labute approximate surface area is 111 Å². The monoisotopic (exact) mass is 256 g/mol. The van der Waals surface area contributed by atoms with E-state index in [1.165, 1.54) is 38.5 Å². The van der Waals surface area contributed by atoms with E-state index in [1.54, 1.807) is 7.11 Å². The predicted molar refractivity (Wildman–Crippen MR) is 73.6 cm³/mol. The number of hydrogen-bond donors (Lipinski definition) is 2. The fraction of sp³-hybridized carbons (Fsp3) is 0.929. The Balaban J connectivity index is 2.01. The molecule has 0 spiro atoms. The molecule has 1 saturated carbocycles. The largest absolute Gasteiger partial charge is 0.381 e. The van der Waals surface area contributed by atoms with Crippen LogP contribution in [0.1, 0.15) is 51.9 Å². The third-order valence-corrected chi connectivity index (χ3v) is 3.61. The quantitative estimate of drug-likeness (QED) is 0.540. The van der Waals surface area contributed by atoms with E-state index in [2.05, 4.69) is 10.6 Å². The second-order valence-corrected chi connectivity index (χ2v) is 5.24. The zero-order valence-electron chi connectivity index (χ0n) is 11.8. The maximum Gasteiger partial charge on any atom is 0.222 e. The fourth-order valence-electron chi connectivity index (χ4n) is 2.38. The van der Waals surface area contributed by atoms with Gasteiger partial charge in [0, 0.05) is 26.2 Å². The average Bonchev–Trinajstić information content (AvgIpc) is 2.63. The Kier molecular flexibility index (Phi) is 8.01. The van der Waals surface area contributed by atoms with Crippen LogP contribution >= 0.6 is 0 Å². The molecule has 0 saturated heterocycles. The number of carbonyl (C=O) groups excluding carboxylic acids is 1. The van der Waals surface area contributed by atoms with Gasteiger partial charge in [0.05, 0.1) is 12.5 Å². The zero-order chi connectivity index (χ0) is 13.2. The summed E-state index contributed by atoms with van der Waals surface area (Å²) in [5, 5.41) is 6.46. The van der Waals surface area contributed by atoms with Gasteiger partial charge in [-0.3, -0.25) is 4.79 Å². The van der Waals surface area contributed by atoms with E-state index in [1.807, 2.05) is 6.92 Å². The van der Waals surface area contributed by atoms with Crippen molar-refractivity contribution in [3.8, 4) is 0 Å². The minimum atomic E-state index is -0.000170. The van der Waals surface area contributed by atoms with Gasteiger partial charge < -0.3 is 15.4 Å². The van der Waals surface area contributed by atoms with E-state index in [4.69, 9.17) is 4.74 Å². The first-order chi connectivity index (χ1) is 8.72. The van der Waals surface area contributed by atoms with Crippen LogP contribution < -0.4 is 10.6 Å². The lowest BCUT2D eigenvalue weighted by molar-refractivity contribution is -0.123. The maximum absolute atomic E-state index is 11.5. The summed E-state index contributed by atoms with van der Waals surface area (Å²) < 4.78 is 5.06. The highest BCUT2D eigenvalue weighted by atomic mass is 16.5. The third kappa shape index (κ3) is 6.97. The summed E-state index contributed by atoms with van der Waals surface area (Å²) in [5.74, 6) is 0.0759. The van der Waals surface area contributed by atoms with Crippen molar-refractivity contribution < 1.29 is 9.53 Å². The molecule has 0 bridgehead atoms. The molecule has 2 N–H and O–H groups in total. The summed E-state index contributed by atoms with van der Waals surface area (Å²) in [6.07, 6.45) is 8.46. The third-order valence-electron chi connectivity index (χ3n) is 3.61. The van der Waals surface area contributed by atoms with Gasteiger partial charge in [-0.15, -0.1) is 0 Å². The van der Waals surface area contributed by atoms with Crippen molar-refractivity contribution in [1.82, 2.24) is 10.6 Å². The van der Waals surface area contributed by atoms with Gasteiger partial charge in [0.2, 0.25) is 5.91 Å². The molecule has 0 aliphatic heterocycles. The van der Waals surface area contributed by atoms with E-state index in [0.717, 1.165) is 6.54 Å². The van der Waals surface area contributed by atoms with Crippen molar-refractivity contribution in [3.63, 3.8) is 0 Å². The van der Waals surface area contributed by atoms with E-state index >= 15 is 0 Å². The topological polar surface area (TPSA) is 50.4 Å². The molecule has 1 aliphatic rings. The molecular weight excluding hydrogens is 228 g/mol. The molecule has 1 fully saturated rings. The first-order valence-corrected chi connectivity index (χ1v) is 7.25. The summed E-state index contributed by atoms with van der Waals surface area (Å²) in [7, 11) is 1.63. The van der Waals surface area contributed by atoms with Crippen LogP contribution in [-0.2, 0) is 9.53 Å². The highest BCUT2D eigenvalue weighted by molar-refractivity contribution is 5.76. The van der Waals surface area contributed by atoms with Crippen LogP contribution in [-0.4, -0.2) is 38.3 Å². The first kappa shape index (κ1) is 15.4. The summed E-state index contributed by atoms with van der Waals surface area (Å²) >= 11 is 0. The Morgan fingerprint density at radius 2 is 1.89 bits per heavy atom. The van der Waals surface area contributed by atoms with Crippen LogP contribution in [0, 0.1) is 0 Å². The normalized spacial score (nSPS) is 19.2. The summed E-state index contributed by atoms with van der Waals surface area (Å²) in [4.78, 5) is 11.5. The van der Waals surface area contributed by atoms with Gasteiger partial charge in [-0.2, -0.15) is 0 Å². The number of rotatable bonds is 7. The first-order valence-electron chi connectivity index (χ1n) is 7.25. The molecule has 0 aromatic carbocycles. The molecule has 0 aromatic heterocycles. The van der Waals surface area contributed by atoms with Gasteiger partial charge in [-0.05, 0) is 19.8 Å². The van der Waals surface area contributed by atoms with E-state index in [9.17, 15) is 4.79 Å². The van der Waals surface area contributed by atoms with Crippen molar-refractivity contribution in [2.75, 3.05) is 20.2 Å². The van der Waals surface area contributed by atoms with Crippen LogP contribution in [0.5, 0.6) is 0 Å². The molecular formula is C14H28N2O2. The Morgan fingerprint density at radius 1 is 1.22 bits per heavy atom. The number of nitrogens with one attached hydrogen (secondary N) is 2. The number of ether oxygens (including phenoxy) is 1. The smallest absolute Gasteiger partial charge is 0.222 e. The van der Waals surface area contributed by atoms with E-state index in [0.29, 0.717) is 19.0 Å². The summed E-state index contributed by atoms with van der Waals surface area (Å²) in [5.41, 5.74) is 0. The molecule has 106 valence electrons. The number of carbonyl (C=O) groups is 1. The molecule has 4 heteroatoms. The highest BCUT2D eigenvalue weighted by Crippen LogP contribution is 2.16. The second-order valence-electron chi connectivity index (χ2n) is 5.24. The molecule has 0 radical (unpaired) electrons. The SMILES string of the molecule is CO[C@@H](C)CC(=O)NCCNC1CCCCCC1. The van der Waals surface area contributed by atoms with Gasteiger partial charge in [-0.25, -0.2) is 0 Å². The average molecular weight is 256 g/mol. The molecule has 0 heterocycles. The predicted octanol–water partition coefficient (Wildman–Crippen LogP) is 1.84. The second kappa shape index (κ2) is 9.34. The molecule has 1 atom stereocenters. The van der Waals surface area contributed by atoms with Crippen LogP contribution in [0.3, 0.4) is 0 Å². The Hall–Kier alpha value is -0.610. The molecule has 18 heavy (non-hydrogen) atoms. The van der Waals surface area contributed by atoms with Gasteiger partial charge in [0.1, 0.15) is 0 Å². The van der Waals surface area contributed by atoms with Crippen molar-refractivity contribution >= 4 is 5.91 Å². The van der Waals surface area contributed by atoms with Crippen LogP contribution in [0.4, 0.5) is 0 Å². The fourth-order valence-corrected chi connectivity index (χ4v) is 2.38. The Morgan fingerprint density at radius 3 is 2.50 bits per heavy atom. The number of methoxy groups -OCH3 is 1. The van der Waals surface area contributed by atoms with Crippen LogP contribution in [0.2, 0.25) is 0 Å². The molecule has 1 rings (SSSR count). The van der Waals surface area contributed by atoms with Gasteiger partial charge >= 0.3 is 0 Å². The van der Waals surface area contributed by atoms with Gasteiger partial charge in [0.15, 0.2) is 0 Å². The maximum atomic E-state index is 11.5. The standard InChI is InChI=1S/C14H28N2O2/c1-12(18-2)11-14(17)16-10-9-15-13-7-5-3-4-6-8-13/h12-13,15H,3-11H2,1-2H3,(H,16,17)/t12-/m0/s1. The van der Waals surface area contributed by atoms with E-state index in [-0.39, 0.29) is 12.0 Å². The number of hydrogen-bond acceptors (Lipinski definition) is 3. The summed E-state index contributed by atoms with van der Waals surface area (Å²) in [6.45, 7) is 3.49. The lowest BCUT2D eigenvalue weighted by Gasteiger charge is -2.16. The van der Waals surface area contributed by atoms with E-state index < -0.39 is 0 Å². The minimum Gasteiger partial charge on any atom is -0.381 e. The number of amides is 1. The molecule has 0 unspecified atom stereocenters. The molecule has 0 aromatic rings. The van der Waals surface area contributed by atoms with Crippen molar-refractivity contribution in [2.45, 2.75) is 64.0 Å². The van der Waals surface area contributed by atoms with Crippen molar-refractivity contribution in [1.29, 1.82) is 0 Å². The molecule has 1 amide bonds.